The second kappa shape index (κ2) is 10.4. The summed E-state index contributed by atoms with van der Waals surface area (Å²) in [5, 5.41) is 12.7. The molecule has 8 nitrogen and oxygen atoms in total. The highest BCUT2D eigenvalue weighted by Crippen LogP contribution is 2.35. The van der Waals surface area contributed by atoms with Crippen molar-refractivity contribution in [1.82, 2.24) is 10.3 Å². The molecule has 0 unspecified atom stereocenters. The number of amides is 1. The van der Waals surface area contributed by atoms with Gasteiger partial charge in [-0.15, -0.1) is 0 Å². The molecule has 1 aromatic heterocycles. The van der Waals surface area contributed by atoms with Gasteiger partial charge in [0, 0.05) is 17.7 Å². The van der Waals surface area contributed by atoms with Crippen molar-refractivity contribution < 1.29 is 29.0 Å². The topological polar surface area (TPSA) is 115 Å². The number of carbonyl (C=O) groups excluding carboxylic acids is 3. The van der Waals surface area contributed by atoms with Gasteiger partial charge in [0.25, 0.3) is 5.91 Å². The summed E-state index contributed by atoms with van der Waals surface area (Å²) in [6, 6.07) is 5.65. The van der Waals surface area contributed by atoms with Crippen molar-refractivity contribution >= 4 is 18.2 Å². The number of aldehydes is 1. The van der Waals surface area contributed by atoms with Crippen molar-refractivity contribution in [3.05, 3.63) is 41.2 Å². The molecule has 8 heteroatoms. The Bertz CT molecular complexity index is 937. The van der Waals surface area contributed by atoms with Gasteiger partial charge in [-0.05, 0) is 48.6 Å². The molecule has 1 heterocycles. The molecule has 1 amide bonds. The number of esters is 1. The Morgan fingerprint density at radius 1 is 1.20 bits per heavy atom. The summed E-state index contributed by atoms with van der Waals surface area (Å²) in [6.07, 6.45) is 2.74. The maximum Gasteiger partial charge on any atom is 0.357 e. The minimum Gasteiger partial charge on any atom is -0.504 e. The number of pyridine rings is 1. The lowest BCUT2D eigenvalue weighted by Gasteiger charge is -2.13. The predicted molar refractivity (Wildman–Crippen MR) is 111 cm³/mol. The van der Waals surface area contributed by atoms with E-state index in [0.717, 1.165) is 12.8 Å². The first-order valence-corrected chi connectivity index (χ1v) is 9.72. The average Bonchev–Trinajstić information content (AvgIpc) is 3.62. The van der Waals surface area contributed by atoms with Crippen molar-refractivity contribution in [1.29, 1.82) is 0 Å². The Kier molecular flexibility index (Phi) is 7.91. The molecule has 1 fully saturated rings. The van der Waals surface area contributed by atoms with Crippen molar-refractivity contribution in [2.75, 3.05) is 20.8 Å². The van der Waals surface area contributed by atoms with Crippen LogP contribution in [0.25, 0.3) is 11.1 Å². The highest BCUT2D eigenvalue weighted by atomic mass is 16.5. The first-order valence-electron chi connectivity index (χ1n) is 9.72. The zero-order valence-electron chi connectivity index (χ0n) is 17.5. The molecule has 2 N–H and O–H groups in total. The summed E-state index contributed by atoms with van der Waals surface area (Å²) in [7, 11) is 2.57. The molecule has 30 heavy (non-hydrogen) atoms. The Hall–Kier alpha value is -3.42. The number of carbonyl (C=O) groups is 3. The number of benzene rings is 1. The van der Waals surface area contributed by atoms with E-state index < -0.39 is 5.97 Å². The van der Waals surface area contributed by atoms with Crippen LogP contribution >= 0.6 is 0 Å². The van der Waals surface area contributed by atoms with Crippen molar-refractivity contribution in [2.45, 2.75) is 26.7 Å². The summed E-state index contributed by atoms with van der Waals surface area (Å²) in [6.45, 7) is 4.57. The molecular formula is C22H26N2O6. The van der Waals surface area contributed by atoms with Crippen LogP contribution in [-0.4, -0.2) is 49.0 Å². The second-order valence-corrected chi connectivity index (χ2v) is 6.47. The molecular weight excluding hydrogens is 388 g/mol. The van der Waals surface area contributed by atoms with Gasteiger partial charge in [0.05, 0.1) is 14.2 Å². The van der Waals surface area contributed by atoms with Crippen LogP contribution in [-0.2, 0) is 4.74 Å². The van der Waals surface area contributed by atoms with Crippen LogP contribution in [0.1, 0.15) is 58.0 Å². The second-order valence-electron chi connectivity index (χ2n) is 6.47. The summed E-state index contributed by atoms with van der Waals surface area (Å²) in [5.41, 5.74) is 0.699. The number of hydrogen-bond acceptors (Lipinski definition) is 7. The van der Waals surface area contributed by atoms with E-state index in [2.05, 4.69) is 10.3 Å². The van der Waals surface area contributed by atoms with E-state index >= 15 is 0 Å². The number of methoxy groups -OCH3 is 2. The minimum atomic E-state index is -0.754. The van der Waals surface area contributed by atoms with Crippen LogP contribution in [0.3, 0.4) is 0 Å². The maximum atomic E-state index is 12.3. The highest BCUT2D eigenvalue weighted by Gasteiger charge is 2.24. The zero-order chi connectivity index (χ0) is 22.3. The Morgan fingerprint density at radius 2 is 1.90 bits per heavy atom. The summed E-state index contributed by atoms with van der Waals surface area (Å²) < 4.78 is 9.88. The molecule has 1 aromatic carbocycles. The van der Waals surface area contributed by atoms with Gasteiger partial charge < -0.3 is 19.9 Å². The number of rotatable bonds is 7. The van der Waals surface area contributed by atoms with Crippen molar-refractivity contribution in [3.8, 4) is 22.6 Å². The van der Waals surface area contributed by atoms with Gasteiger partial charge in [-0.3, -0.25) is 9.59 Å². The maximum absolute atomic E-state index is 12.3. The normalized spacial score (nSPS) is 12.3. The number of hydrogen-bond donors (Lipinski definition) is 2. The number of nitrogens with one attached hydrogen (secondary N) is 1. The van der Waals surface area contributed by atoms with Crippen LogP contribution < -0.4 is 10.1 Å². The van der Waals surface area contributed by atoms with Gasteiger partial charge in [0.1, 0.15) is 5.69 Å². The number of aromatic hydroxyl groups is 1. The Morgan fingerprint density at radius 3 is 2.47 bits per heavy atom. The first-order chi connectivity index (χ1) is 14.5. The van der Waals surface area contributed by atoms with Crippen LogP contribution in [0, 0.1) is 5.92 Å². The third-order valence-electron chi connectivity index (χ3n) is 4.52. The third kappa shape index (κ3) is 5.14. The van der Waals surface area contributed by atoms with E-state index in [1.807, 2.05) is 13.8 Å². The first kappa shape index (κ1) is 22.9. The number of phenolic OH excluding ortho intramolecular Hbond substituents is 1. The van der Waals surface area contributed by atoms with Gasteiger partial charge >= 0.3 is 5.97 Å². The lowest BCUT2D eigenvalue weighted by atomic mass is 9.97. The van der Waals surface area contributed by atoms with Crippen LogP contribution in [0.15, 0.2) is 24.3 Å². The largest absolute Gasteiger partial charge is 0.504 e. The minimum absolute atomic E-state index is 0.0724. The molecule has 0 spiro atoms. The SMILES string of the molecule is CC.COC(=O)c1nc(C(=O)NCC2CC2)ccc1-c1cc(OC)c(O)cc1C=O. The Balaban J connectivity index is 0.00000155. The van der Waals surface area contributed by atoms with E-state index in [-0.39, 0.29) is 39.9 Å². The number of nitrogens with zero attached hydrogens (tertiary/aromatic N) is 1. The number of ether oxygens (including phenoxy) is 2. The fraction of sp³-hybridized carbons (Fsp3) is 0.364. The van der Waals surface area contributed by atoms with Gasteiger partial charge in [0.2, 0.25) is 0 Å². The number of aromatic nitrogens is 1. The molecule has 3 rings (SSSR count). The quantitative estimate of drug-likeness (QED) is 0.528. The predicted octanol–water partition coefficient (Wildman–Crippen LogP) is 3.23. The molecule has 0 aliphatic heterocycles. The lowest BCUT2D eigenvalue weighted by Crippen LogP contribution is -2.27. The lowest BCUT2D eigenvalue weighted by molar-refractivity contribution is 0.0594. The molecule has 0 radical (unpaired) electrons. The van der Waals surface area contributed by atoms with Crippen LogP contribution in [0.5, 0.6) is 11.5 Å². The van der Waals surface area contributed by atoms with Gasteiger partial charge in [-0.25, -0.2) is 9.78 Å². The molecule has 2 aromatic rings. The third-order valence-corrected chi connectivity index (χ3v) is 4.52. The van der Waals surface area contributed by atoms with Crippen LogP contribution in [0.4, 0.5) is 0 Å². The van der Waals surface area contributed by atoms with Crippen molar-refractivity contribution in [3.63, 3.8) is 0 Å². The van der Waals surface area contributed by atoms with Crippen molar-refractivity contribution in [2.24, 2.45) is 5.92 Å². The molecule has 0 saturated heterocycles. The van der Waals surface area contributed by atoms with E-state index in [9.17, 15) is 19.5 Å². The van der Waals surface area contributed by atoms with E-state index in [1.165, 1.54) is 38.5 Å². The van der Waals surface area contributed by atoms with E-state index in [4.69, 9.17) is 9.47 Å². The molecule has 1 saturated carbocycles. The van der Waals surface area contributed by atoms with Crippen LogP contribution in [0.2, 0.25) is 0 Å². The highest BCUT2D eigenvalue weighted by molar-refractivity contribution is 6.01. The summed E-state index contributed by atoms with van der Waals surface area (Å²) >= 11 is 0. The van der Waals surface area contributed by atoms with E-state index in [0.29, 0.717) is 24.3 Å². The average molecular weight is 414 g/mol. The zero-order valence-corrected chi connectivity index (χ0v) is 17.5. The smallest absolute Gasteiger partial charge is 0.357 e. The monoisotopic (exact) mass is 414 g/mol. The molecule has 0 atom stereocenters. The molecule has 0 bridgehead atoms. The van der Waals surface area contributed by atoms with Gasteiger partial charge in [0.15, 0.2) is 23.5 Å². The number of phenols is 1. The molecule has 1 aliphatic carbocycles. The molecule has 1 aliphatic rings. The van der Waals surface area contributed by atoms with Gasteiger partial charge in [-0.1, -0.05) is 13.8 Å². The summed E-state index contributed by atoms with van der Waals surface area (Å²) in [5.74, 6) is -0.721. The standard InChI is InChI=1S/C20H20N2O6.C2H6/c1-27-17-8-14(12(10-23)7-16(17)24)13-5-6-15(22-18(13)20(26)28-2)19(25)21-9-11-3-4-11;1-2/h5-8,10-11,24H,3-4,9H2,1-2H3,(H,21,25);1-2H3. The van der Waals surface area contributed by atoms with E-state index in [1.54, 1.807) is 0 Å². The van der Waals surface area contributed by atoms with Gasteiger partial charge in [-0.2, -0.15) is 0 Å². The Labute approximate surface area is 175 Å². The summed E-state index contributed by atoms with van der Waals surface area (Å²) in [4.78, 5) is 40.3. The fourth-order valence-electron chi connectivity index (χ4n) is 2.78. The molecule has 160 valence electrons. The fourth-order valence-corrected chi connectivity index (χ4v) is 2.78.